The van der Waals surface area contributed by atoms with E-state index in [1.807, 2.05) is 39.0 Å². The lowest BCUT2D eigenvalue weighted by Gasteiger charge is -2.21. The van der Waals surface area contributed by atoms with Gasteiger partial charge < -0.3 is 20.1 Å². The van der Waals surface area contributed by atoms with Crippen molar-refractivity contribution in [2.75, 3.05) is 20.3 Å². The van der Waals surface area contributed by atoms with E-state index in [1.54, 1.807) is 19.2 Å². The molecule has 0 aliphatic heterocycles. The van der Waals surface area contributed by atoms with Crippen molar-refractivity contribution in [3.05, 3.63) is 56.5 Å². The lowest BCUT2D eigenvalue weighted by Crippen LogP contribution is -2.43. The number of ether oxygens (including phenoxy) is 2. The molecule has 2 rings (SSSR count). The molecule has 0 bridgehead atoms. The highest BCUT2D eigenvalue weighted by Gasteiger charge is 2.16. The summed E-state index contributed by atoms with van der Waals surface area (Å²) in [4.78, 5) is 12.0. The Morgan fingerprint density at radius 3 is 2.33 bits per heavy atom. The molecule has 2 N–H and O–H groups in total. The Morgan fingerprint density at radius 2 is 1.70 bits per heavy atom. The monoisotopic (exact) mass is 472 g/mol. The molecule has 30 heavy (non-hydrogen) atoms. The standard InChI is InChI=1S/C22H27Cl3N2O3/c1-22(2,3)27-21(28)13-30-20-11-18(25)15(9-19(20)29-4)12-26-8-7-14-5-6-16(23)10-17(14)24/h5-6,9-11,26H,7-8,12-13H2,1-4H3,(H,27,28). The van der Waals surface area contributed by atoms with E-state index in [2.05, 4.69) is 10.6 Å². The minimum Gasteiger partial charge on any atom is -0.493 e. The van der Waals surface area contributed by atoms with Gasteiger partial charge in [0.15, 0.2) is 18.1 Å². The number of carbonyl (C=O) groups excluding carboxylic acids is 1. The topological polar surface area (TPSA) is 59.6 Å². The van der Waals surface area contributed by atoms with Crippen LogP contribution in [0.3, 0.4) is 0 Å². The lowest BCUT2D eigenvalue weighted by molar-refractivity contribution is -0.124. The largest absolute Gasteiger partial charge is 0.493 e. The van der Waals surface area contributed by atoms with Crippen LogP contribution in [0.5, 0.6) is 11.5 Å². The van der Waals surface area contributed by atoms with Gasteiger partial charge in [-0.3, -0.25) is 4.79 Å². The molecule has 2 aromatic rings. The van der Waals surface area contributed by atoms with Crippen molar-refractivity contribution in [3.63, 3.8) is 0 Å². The summed E-state index contributed by atoms with van der Waals surface area (Å²) in [7, 11) is 1.55. The van der Waals surface area contributed by atoms with Crippen LogP contribution in [0.4, 0.5) is 0 Å². The summed E-state index contributed by atoms with van der Waals surface area (Å²) in [5.41, 5.74) is 1.56. The van der Waals surface area contributed by atoms with E-state index in [1.165, 1.54) is 0 Å². The summed E-state index contributed by atoms with van der Waals surface area (Å²) < 4.78 is 11.0. The average Bonchev–Trinajstić information content (AvgIpc) is 2.64. The van der Waals surface area contributed by atoms with Crippen molar-refractivity contribution in [3.8, 4) is 11.5 Å². The zero-order valence-corrected chi connectivity index (χ0v) is 19.8. The third-order valence-electron chi connectivity index (χ3n) is 4.11. The van der Waals surface area contributed by atoms with Gasteiger partial charge in [-0.1, -0.05) is 40.9 Å². The summed E-state index contributed by atoms with van der Waals surface area (Å²) in [6, 6.07) is 8.95. The maximum atomic E-state index is 12.0. The number of hydrogen-bond donors (Lipinski definition) is 2. The second-order valence-electron chi connectivity index (χ2n) is 7.84. The van der Waals surface area contributed by atoms with Crippen molar-refractivity contribution in [1.29, 1.82) is 0 Å². The number of benzene rings is 2. The molecule has 0 heterocycles. The minimum absolute atomic E-state index is 0.122. The molecule has 0 aliphatic rings. The van der Waals surface area contributed by atoms with Crippen molar-refractivity contribution in [1.82, 2.24) is 10.6 Å². The maximum Gasteiger partial charge on any atom is 0.258 e. The number of amides is 1. The molecule has 2 aromatic carbocycles. The van der Waals surface area contributed by atoms with Gasteiger partial charge in [0.25, 0.3) is 5.91 Å². The SMILES string of the molecule is COc1cc(CNCCc2ccc(Cl)cc2Cl)c(Cl)cc1OCC(=O)NC(C)(C)C. The maximum absolute atomic E-state index is 12.0. The number of carbonyl (C=O) groups is 1. The van der Waals surface area contributed by atoms with Crippen LogP contribution in [0, 0.1) is 0 Å². The average molecular weight is 474 g/mol. The number of hydrogen-bond acceptors (Lipinski definition) is 4. The Hall–Kier alpha value is -1.66. The van der Waals surface area contributed by atoms with Crippen LogP contribution in [-0.4, -0.2) is 31.7 Å². The van der Waals surface area contributed by atoms with Crippen LogP contribution < -0.4 is 20.1 Å². The van der Waals surface area contributed by atoms with Crippen LogP contribution in [0.15, 0.2) is 30.3 Å². The molecule has 0 saturated heterocycles. The van der Waals surface area contributed by atoms with E-state index in [0.29, 0.717) is 39.7 Å². The fourth-order valence-electron chi connectivity index (χ4n) is 2.75. The highest BCUT2D eigenvalue weighted by molar-refractivity contribution is 6.35. The van der Waals surface area contributed by atoms with E-state index in [0.717, 1.165) is 17.5 Å². The molecule has 5 nitrogen and oxygen atoms in total. The van der Waals surface area contributed by atoms with Crippen molar-refractivity contribution in [2.24, 2.45) is 0 Å². The van der Waals surface area contributed by atoms with Gasteiger partial charge in [0, 0.05) is 33.2 Å². The van der Waals surface area contributed by atoms with Crippen LogP contribution >= 0.6 is 34.8 Å². The molecule has 8 heteroatoms. The Bertz CT molecular complexity index is 883. The Labute approximate surface area is 193 Å². The molecule has 164 valence electrons. The van der Waals surface area contributed by atoms with Crippen LogP contribution in [-0.2, 0) is 17.8 Å². The molecule has 0 saturated carbocycles. The predicted molar refractivity (Wildman–Crippen MR) is 123 cm³/mol. The highest BCUT2D eigenvalue weighted by atomic mass is 35.5. The second-order valence-corrected chi connectivity index (χ2v) is 9.09. The van der Waals surface area contributed by atoms with E-state index >= 15 is 0 Å². The molecule has 0 spiro atoms. The summed E-state index contributed by atoms with van der Waals surface area (Å²) in [5.74, 6) is 0.719. The summed E-state index contributed by atoms with van der Waals surface area (Å²) in [5, 5.41) is 7.99. The lowest BCUT2D eigenvalue weighted by atomic mass is 10.1. The van der Waals surface area contributed by atoms with Crippen molar-refractivity contribution in [2.45, 2.75) is 39.3 Å². The molecule has 0 aliphatic carbocycles. The normalized spacial score (nSPS) is 11.3. The molecule has 0 atom stereocenters. The van der Waals surface area contributed by atoms with Gasteiger partial charge in [0.05, 0.1) is 7.11 Å². The molecular formula is C22H27Cl3N2O3. The highest BCUT2D eigenvalue weighted by Crippen LogP contribution is 2.33. The fraction of sp³-hybridized carbons (Fsp3) is 0.409. The zero-order chi connectivity index (χ0) is 22.3. The van der Waals surface area contributed by atoms with Gasteiger partial charge in [-0.25, -0.2) is 0 Å². The third kappa shape index (κ3) is 7.88. The van der Waals surface area contributed by atoms with Crippen LogP contribution in [0.2, 0.25) is 15.1 Å². The van der Waals surface area contributed by atoms with Crippen LogP contribution in [0.1, 0.15) is 31.9 Å². The second kappa shape index (κ2) is 11.1. The molecule has 0 fully saturated rings. The van der Waals surface area contributed by atoms with E-state index in [-0.39, 0.29) is 18.1 Å². The third-order valence-corrected chi connectivity index (χ3v) is 5.05. The van der Waals surface area contributed by atoms with Gasteiger partial charge in [0.1, 0.15) is 0 Å². The predicted octanol–water partition coefficient (Wildman–Crippen LogP) is 5.28. The Morgan fingerprint density at radius 1 is 1.00 bits per heavy atom. The first-order valence-corrected chi connectivity index (χ1v) is 10.7. The molecular weight excluding hydrogens is 447 g/mol. The fourth-order valence-corrected chi connectivity index (χ4v) is 3.48. The van der Waals surface area contributed by atoms with Crippen molar-refractivity contribution >= 4 is 40.7 Å². The number of methoxy groups -OCH3 is 1. The number of rotatable bonds is 9. The Balaban J connectivity index is 1.93. The van der Waals surface area contributed by atoms with E-state index < -0.39 is 0 Å². The first kappa shape index (κ1) is 24.6. The smallest absolute Gasteiger partial charge is 0.258 e. The van der Waals surface area contributed by atoms with Crippen molar-refractivity contribution < 1.29 is 14.3 Å². The molecule has 0 unspecified atom stereocenters. The molecule has 0 radical (unpaired) electrons. The quantitative estimate of drug-likeness (QED) is 0.486. The first-order valence-electron chi connectivity index (χ1n) is 9.54. The zero-order valence-electron chi connectivity index (χ0n) is 17.6. The van der Waals surface area contributed by atoms with E-state index in [4.69, 9.17) is 44.3 Å². The van der Waals surface area contributed by atoms with Gasteiger partial charge in [-0.15, -0.1) is 0 Å². The summed E-state index contributed by atoms with van der Waals surface area (Å²) in [6.07, 6.45) is 0.759. The minimum atomic E-state index is -0.325. The van der Waals surface area contributed by atoms with Gasteiger partial charge in [-0.05, 0) is 63.1 Å². The van der Waals surface area contributed by atoms with Gasteiger partial charge in [-0.2, -0.15) is 0 Å². The Kier molecular flexibility index (Phi) is 9.10. The first-order chi connectivity index (χ1) is 14.1. The summed E-state index contributed by atoms with van der Waals surface area (Å²) >= 11 is 18.5. The molecule has 0 aromatic heterocycles. The molecule has 1 amide bonds. The van der Waals surface area contributed by atoms with E-state index in [9.17, 15) is 4.79 Å². The van der Waals surface area contributed by atoms with Gasteiger partial charge >= 0.3 is 0 Å². The van der Waals surface area contributed by atoms with Crippen LogP contribution in [0.25, 0.3) is 0 Å². The summed E-state index contributed by atoms with van der Waals surface area (Å²) in [6.45, 7) is 6.86. The number of halogens is 3. The van der Waals surface area contributed by atoms with Gasteiger partial charge in [0.2, 0.25) is 0 Å². The number of nitrogens with one attached hydrogen (secondary N) is 2.